The molecule has 0 aliphatic rings. The first kappa shape index (κ1) is 22.6. The highest BCUT2D eigenvalue weighted by molar-refractivity contribution is 7.89. The smallest absolute Gasteiger partial charge is 0.338 e. The van der Waals surface area contributed by atoms with Crippen LogP contribution in [0.3, 0.4) is 0 Å². The number of carbonyl (C=O) groups is 2. The Kier molecular flexibility index (Phi) is 7.92. The zero-order chi connectivity index (χ0) is 21.4. The van der Waals surface area contributed by atoms with Crippen LogP contribution in [0.25, 0.3) is 0 Å². The highest BCUT2D eigenvalue weighted by atomic mass is 32.2. The third kappa shape index (κ3) is 5.65. The van der Waals surface area contributed by atoms with E-state index in [4.69, 9.17) is 4.74 Å². The first-order valence-electron chi connectivity index (χ1n) is 9.46. The number of esters is 1. The molecule has 0 aliphatic heterocycles. The number of benzene rings is 2. The van der Waals surface area contributed by atoms with Gasteiger partial charge in [-0.05, 0) is 56.7 Å². The van der Waals surface area contributed by atoms with Gasteiger partial charge in [-0.15, -0.1) is 0 Å². The Hall–Kier alpha value is -2.71. The fourth-order valence-electron chi connectivity index (χ4n) is 2.75. The first-order chi connectivity index (χ1) is 13.8. The largest absolute Gasteiger partial charge is 0.462 e. The lowest BCUT2D eigenvalue weighted by Crippen LogP contribution is -2.45. The second-order valence-corrected chi connectivity index (χ2v) is 8.28. The fraction of sp³-hybridized carbons (Fsp3) is 0.333. The normalized spacial score (nSPS) is 12.4. The Morgan fingerprint density at radius 2 is 1.66 bits per heavy atom. The number of nitrogens with zero attached hydrogens (tertiary/aromatic N) is 1. The maximum absolute atomic E-state index is 13.2. The van der Waals surface area contributed by atoms with E-state index >= 15 is 0 Å². The van der Waals surface area contributed by atoms with Crippen LogP contribution >= 0.6 is 0 Å². The molecule has 0 saturated carbocycles. The Balaban J connectivity index is 2.25. The molecule has 29 heavy (non-hydrogen) atoms. The summed E-state index contributed by atoms with van der Waals surface area (Å²) in [6.45, 7) is 5.51. The minimum Gasteiger partial charge on any atom is -0.462 e. The average Bonchev–Trinajstić information content (AvgIpc) is 2.72. The molecule has 0 spiro atoms. The Morgan fingerprint density at radius 3 is 2.21 bits per heavy atom. The minimum atomic E-state index is -3.93. The van der Waals surface area contributed by atoms with Gasteiger partial charge in [0, 0.05) is 12.2 Å². The molecule has 8 heteroatoms. The first-order valence-corrected chi connectivity index (χ1v) is 10.9. The number of rotatable bonds is 9. The number of amides is 1. The van der Waals surface area contributed by atoms with Crippen molar-refractivity contribution >= 4 is 27.6 Å². The molecule has 2 aromatic carbocycles. The molecule has 1 atom stereocenters. The van der Waals surface area contributed by atoms with Crippen LogP contribution in [0.2, 0.25) is 0 Å². The van der Waals surface area contributed by atoms with E-state index in [9.17, 15) is 18.0 Å². The van der Waals surface area contributed by atoms with E-state index < -0.39 is 27.9 Å². The van der Waals surface area contributed by atoms with Gasteiger partial charge in [-0.2, -0.15) is 4.31 Å². The molecule has 0 unspecified atom stereocenters. The van der Waals surface area contributed by atoms with Crippen LogP contribution < -0.4 is 5.32 Å². The number of nitrogens with one attached hydrogen (secondary N) is 1. The molecule has 7 nitrogen and oxygen atoms in total. The summed E-state index contributed by atoms with van der Waals surface area (Å²) in [6.07, 6.45) is 0.545. The second kappa shape index (κ2) is 10.2. The van der Waals surface area contributed by atoms with Gasteiger partial charge in [0.15, 0.2) is 0 Å². The fourth-order valence-corrected chi connectivity index (χ4v) is 4.44. The van der Waals surface area contributed by atoms with E-state index in [-0.39, 0.29) is 23.6 Å². The van der Waals surface area contributed by atoms with Crippen molar-refractivity contribution in [3.63, 3.8) is 0 Å². The molecular weight excluding hydrogens is 392 g/mol. The van der Waals surface area contributed by atoms with Crippen LogP contribution in [-0.2, 0) is 19.6 Å². The predicted molar refractivity (Wildman–Crippen MR) is 111 cm³/mol. The predicted octanol–water partition coefficient (Wildman–Crippen LogP) is 3.29. The third-order valence-electron chi connectivity index (χ3n) is 4.27. The summed E-state index contributed by atoms with van der Waals surface area (Å²) >= 11 is 0. The summed E-state index contributed by atoms with van der Waals surface area (Å²) in [5.74, 6) is -0.936. The molecule has 0 aliphatic carbocycles. The molecule has 2 aromatic rings. The molecule has 0 heterocycles. The number of carbonyl (C=O) groups excluding carboxylic acids is 2. The van der Waals surface area contributed by atoms with E-state index in [2.05, 4.69) is 5.32 Å². The highest BCUT2D eigenvalue weighted by Crippen LogP contribution is 2.21. The lowest BCUT2D eigenvalue weighted by atomic mass is 10.2. The lowest BCUT2D eigenvalue weighted by molar-refractivity contribution is -0.119. The summed E-state index contributed by atoms with van der Waals surface area (Å²) in [6, 6.07) is 13.5. The molecule has 0 fully saturated rings. The number of hydrogen-bond acceptors (Lipinski definition) is 5. The van der Waals surface area contributed by atoms with Crippen molar-refractivity contribution in [2.75, 3.05) is 18.5 Å². The number of para-hydroxylation sites is 1. The van der Waals surface area contributed by atoms with Gasteiger partial charge in [0.1, 0.15) is 6.04 Å². The van der Waals surface area contributed by atoms with Crippen LogP contribution in [0, 0.1) is 0 Å². The SMILES string of the molecule is CCCN([C@H](C)C(=O)Nc1ccccc1)S(=O)(=O)c1ccc(C(=O)OCC)cc1. The Bertz CT molecular complexity index is 927. The average molecular weight is 419 g/mol. The van der Waals surface area contributed by atoms with Crippen molar-refractivity contribution < 1.29 is 22.7 Å². The zero-order valence-corrected chi connectivity index (χ0v) is 17.6. The maximum atomic E-state index is 13.2. The van der Waals surface area contributed by atoms with Crippen molar-refractivity contribution in [2.45, 2.75) is 38.1 Å². The van der Waals surface area contributed by atoms with Crippen molar-refractivity contribution in [3.05, 3.63) is 60.2 Å². The number of anilines is 1. The zero-order valence-electron chi connectivity index (χ0n) is 16.8. The highest BCUT2D eigenvalue weighted by Gasteiger charge is 2.32. The summed E-state index contributed by atoms with van der Waals surface area (Å²) in [4.78, 5) is 24.4. The molecule has 0 bridgehead atoms. The monoisotopic (exact) mass is 418 g/mol. The standard InChI is InChI=1S/C21H26N2O5S/c1-4-15-23(16(3)20(24)22-18-9-7-6-8-10-18)29(26,27)19-13-11-17(12-14-19)21(25)28-5-2/h6-14,16H,4-5,15H2,1-3H3,(H,22,24)/t16-/m1/s1. The van der Waals surface area contributed by atoms with E-state index in [1.807, 2.05) is 13.0 Å². The second-order valence-electron chi connectivity index (χ2n) is 6.39. The number of hydrogen-bond donors (Lipinski definition) is 1. The summed E-state index contributed by atoms with van der Waals surface area (Å²) in [5.41, 5.74) is 0.861. The van der Waals surface area contributed by atoms with E-state index in [0.29, 0.717) is 12.1 Å². The quantitative estimate of drug-likeness (QED) is 0.631. The van der Waals surface area contributed by atoms with Gasteiger partial charge in [0.25, 0.3) is 0 Å². The van der Waals surface area contributed by atoms with Crippen LogP contribution in [0.4, 0.5) is 5.69 Å². The van der Waals surface area contributed by atoms with Gasteiger partial charge in [-0.3, -0.25) is 4.79 Å². The lowest BCUT2D eigenvalue weighted by Gasteiger charge is -2.27. The van der Waals surface area contributed by atoms with Crippen LogP contribution in [0.1, 0.15) is 37.6 Å². The van der Waals surface area contributed by atoms with Crippen molar-refractivity contribution in [3.8, 4) is 0 Å². The van der Waals surface area contributed by atoms with Gasteiger partial charge in [0.2, 0.25) is 15.9 Å². The van der Waals surface area contributed by atoms with Crippen molar-refractivity contribution in [2.24, 2.45) is 0 Å². The van der Waals surface area contributed by atoms with Gasteiger partial charge in [0.05, 0.1) is 17.1 Å². The Morgan fingerprint density at radius 1 is 1.03 bits per heavy atom. The molecular formula is C21H26N2O5S. The summed E-state index contributed by atoms with van der Waals surface area (Å²) < 4.78 is 32.4. The van der Waals surface area contributed by atoms with E-state index in [1.165, 1.54) is 28.6 Å². The molecule has 156 valence electrons. The number of ether oxygens (including phenoxy) is 1. The van der Waals surface area contributed by atoms with Crippen LogP contribution in [-0.4, -0.2) is 43.8 Å². The van der Waals surface area contributed by atoms with Crippen molar-refractivity contribution in [1.29, 1.82) is 0 Å². The molecule has 0 saturated heterocycles. The van der Waals surface area contributed by atoms with E-state index in [1.54, 1.807) is 38.1 Å². The third-order valence-corrected chi connectivity index (χ3v) is 6.25. The van der Waals surface area contributed by atoms with E-state index in [0.717, 1.165) is 0 Å². The molecule has 1 amide bonds. The summed E-state index contributed by atoms with van der Waals surface area (Å²) in [7, 11) is -3.93. The summed E-state index contributed by atoms with van der Waals surface area (Å²) in [5, 5.41) is 2.74. The molecule has 0 radical (unpaired) electrons. The molecule has 2 rings (SSSR count). The topological polar surface area (TPSA) is 92.8 Å². The Labute approximate surface area is 171 Å². The molecule has 0 aromatic heterocycles. The number of sulfonamides is 1. The van der Waals surface area contributed by atoms with Gasteiger partial charge < -0.3 is 10.1 Å². The van der Waals surface area contributed by atoms with Crippen molar-refractivity contribution in [1.82, 2.24) is 4.31 Å². The van der Waals surface area contributed by atoms with Gasteiger partial charge in [-0.25, -0.2) is 13.2 Å². The maximum Gasteiger partial charge on any atom is 0.338 e. The minimum absolute atomic E-state index is 0.0124. The molecule has 1 N–H and O–H groups in total. The van der Waals surface area contributed by atoms with Gasteiger partial charge in [-0.1, -0.05) is 25.1 Å². The van der Waals surface area contributed by atoms with Crippen LogP contribution in [0.15, 0.2) is 59.5 Å². The van der Waals surface area contributed by atoms with Crippen LogP contribution in [0.5, 0.6) is 0 Å². The van der Waals surface area contributed by atoms with Gasteiger partial charge >= 0.3 is 5.97 Å².